The van der Waals surface area contributed by atoms with Crippen LogP contribution in [-0.4, -0.2) is 49.6 Å². The summed E-state index contributed by atoms with van der Waals surface area (Å²) in [5, 5.41) is 3.21. The van der Waals surface area contributed by atoms with Crippen molar-refractivity contribution < 1.29 is 14.3 Å². The summed E-state index contributed by atoms with van der Waals surface area (Å²) < 4.78 is 5.33. The molecule has 2 aliphatic heterocycles. The summed E-state index contributed by atoms with van der Waals surface area (Å²) in [6.07, 6.45) is 1.34. The highest BCUT2D eigenvalue weighted by Gasteiger charge is 2.45. The second-order valence-corrected chi connectivity index (χ2v) is 7.56. The molecule has 0 atom stereocenters. The SMILES string of the molecule is COc1ccccc1C(=O)N1CCC2(CC1)NC(=O)c1cc(C)ccc1N2C. The average Bonchev–Trinajstić information content (AvgIpc) is 2.72. The largest absolute Gasteiger partial charge is 0.496 e. The molecule has 0 bridgehead atoms. The van der Waals surface area contributed by atoms with Gasteiger partial charge in [0.15, 0.2) is 0 Å². The van der Waals surface area contributed by atoms with Crippen LogP contribution in [0.3, 0.4) is 0 Å². The van der Waals surface area contributed by atoms with E-state index in [1.165, 1.54) is 0 Å². The minimum Gasteiger partial charge on any atom is -0.496 e. The Morgan fingerprint density at radius 2 is 1.86 bits per heavy atom. The number of hydrogen-bond acceptors (Lipinski definition) is 4. The van der Waals surface area contributed by atoms with Gasteiger partial charge in [-0.15, -0.1) is 0 Å². The Bertz CT molecular complexity index is 932. The molecule has 2 amide bonds. The highest BCUT2D eigenvalue weighted by atomic mass is 16.5. The lowest BCUT2D eigenvalue weighted by atomic mass is 9.89. The number of hydrogen-bond donors (Lipinski definition) is 1. The molecule has 4 rings (SSSR count). The maximum Gasteiger partial charge on any atom is 0.257 e. The molecule has 2 aromatic carbocycles. The van der Waals surface area contributed by atoms with Crippen LogP contribution >= 0.6 is 0 Å². The summed E-state index contributed by atoms with van der Waals surface area (Å²) in [6, 6.07) is 13.3. The Morgan fingerprint density at radius 1 is 1.14 bits per heavy atom. The smallest absolute Gasteiger partial charge is 0.257 e. The fraction of sp³-hybridized carbons (Fsp3) is 0.364. The second-order valence-electron chi connectivity index (χ2n) is 7.56. The molecule has 146 valence electrons. The van der Waals surface area contributed by atoms with Crippen molar-refractivity contribution in [2.75, 3.05) is 32.1 Å². The number of benzene rings is 2. The van der Waals surface area contributed by atoms with Crippen LogP contribution in [0, 0.1) is 6.92 Å². The van der Waals surface area contributed by atoms with Gasteiger partial charge in [-0.3, -0.25) is 9.59 Å². The molecule has 1 saturated heterocycles. The highest BCUT2D eigenvalue weighted by Crippen LogP contribution is 2.37. The van der Waals surface area contributed by atoms with Gasteiger partial charge in [-0.1, -0.05) is 23.8 Å². The number of fused-ring (bicyclic) bond motifs is 1. The molecule has 0 unspecified atom stereocenters. The first-order valence-electron chi connectivity index (χ1n) is 9.54. The van der Waals surface area contributed by atoms with Crippen LogP contribution in [0.15, 0.2) is 42.5 Å². The number of ether oxygens (including phenoxy) is 1. The van der Waals surface area contributed by atoms with Gasteiger partial charge in [0.25, 0.3) is 11.8 Å². The molecule has 1 N–H and O–H groups in total. The predicted molar refractivity (Wildman–Crippen MR) is 108 cm³/mol. The standard InChI is InChI=1S/C22H25N3O3/c1-15-8-9-18-17(14-15)20(26)23-22(24(18)2)10-12-25(13-11-22)21(27)16-6-4-5-7-19(16)28-3/h4-9,14H,10-13H2,1-3H3,(H,23,26). The van der Waals surface area contributed by atoms with E-state index in [-0.39, 0.29) is 11.8 Å². The lowest BCUT2D eigenvalue weighted by Gasteiger charge is -2.51. The van der Waals surface area contributed by atoms with Crippen LogP contribution in [0.2, 0.25) is 0 Å². The molecule has 0 radical (unpaired) electrons. The Hall–Kier alpha value is -3.02. The van der Waals surface area contributed by atoms with Crippen molar-refractivity contribution in [2.45, 2.75) is 25.4 Å². The number of para-hydroxylation sites is 1. The molecule has 6 nitrogen and oxygen atoms in total. The number of aryl methyl sites for hydroxylation is 1. The summed E-state index contributed by atoms with van der Waals surface area (Å²) in [5.74, 6) is 0.509. The monoisotopic (exact) mass is 379 g/mol. The molecule has 0 saturated carbocycles. The van der Waals surface area contributed by atoms with Gasteiger partial charge >= 0.3 is 0 Å². The van der Waals surface area contributed by atoms with Crippen LogP contribution < -0.4 is 15.0 Å². The van der Waals surface area contributed by atoms with Gasteiger partial charge in [-0.2, -0.15) is 0 Å². The number of rotatable bonds is 2. The summed E-state index contributed by atoms with van der Waals surface area (Å²) in [4.78, 5) is 29.7. The van der Waals surface area contributed by atoms with Crippen molar-refractivity contribution in [3.63, 3.8) is 0 Å². The van der Waals surface area contributed by atoms with Gasteiger partial charge in [0.05, 0.1) is 23.9 Å². The van der Waals surface area contributed by atoms with E-state index in [9.17, 15) is 9.59 Å². The van der Waals surface area contributed by atoms with E-state index in [0.29, 0.717) is 42.8 Å². The molecule has 2 aliphatic rings. The van der Waals surface area contributed by atoms with E-state index >= 15 is 0 Å². The van der Waals surface area contributed by atoms with Crippen molar-refractivity contribution in [3.8, 4) is 5.75 Å². The van der Waals surface area contributed by atoms with E-state index in [0.717, 1.165) is 11.3 Å². The Balaban J connectivity index is 1.54. The summed E-state index contributed by atoms with van der Waals surface area (Å²) >= 11 is 0. The molecule has 6 heteroatoms. The van der Waals surface area contributed by atoms with Crippen molar-refractivity contribution in [1.82, 2.24) is 10.2 Å². The molecule has 0 aromatic heterocycles. The van der Waals surface area contributed by atoms with Gasteiger partial charge in [-0.05, 0) is 31.2 Å². The normalized spacial score (nSPS) is 17.9. The Morgan fingerprint density at radius 3 is 2.57 bits per heavy atom. The minimum atomic E-state index is -0.461. The van der Waals surface area contributed by atoms with Crippen LogP contribution in [0.25, 0.3) is 0 Å². The van der Waals surface area contributed by atoms with Crippen LogP contribution in [0.4, 0.5) is 5.69 Å². The first kappa shape index (κ1) is 18.3. The van der Waals surface area contributed by atoms with Crippen LogP contribution in [0.1, 0.15) is 39.1 Å². The molecule has 28 heavy (non-hydrogen) atoms. The van der Waals surface area contributed by atoms with Gasteiger partial charge in [-0.25, -0.2) is 0 Å². The van der Waals surface area contributed by atoms with Gasteiger partial charge in [0, 0.05) is 33.0 Å². The molecular formula is C22H25N3O3. The lowest BCUT2D eigenvalue weighted by Crippen LogP contribution is -2.67. The van der Waals surface area contributed by atoms with E-state index in [4.69, 9.17) is 4.74 Å². The van der Waals surface area contributed by atoms with Crippen molar-refractivity contribution in [2.24, 2.45) is 0 Å². The lowest BCUT2D eigenvalue weighted by molar-refractivity contribution is 0.0606. The summed E-state index contributed by atoms with van der Waals surface area (Å²) in [5.41, 5.74) is 2.83. The topological polar surface area (TPSA) is 61.9 Å². The fourth-order valence-electron chi connectivity index (χ4n) is 4.25. The maximum absolute atomic E-state index is 13.0. The number of anilines is 1. The molecule has 2 aromatic rings. The van der Waals surface area contributed by atoms with Gasteiger partial charge in [0.1, 0.15) is 11.4 Å². The first-order valence-corrected chi connectivity index (χ1v) is 9.54. The van der Waals surface area contributed by atoms with Crippen LogP contribution in [-0.2, 0) is 0 Å². The van der Waals surface area contributed by atoms with E-state index in [1.807, 2.05) is 49.2 Å². The quantitative estimate of drug-likeness (QED) is 0.872. The Labute approximate surface area is 165 Å². The van der Waals surface area contributed by atoms with Gasteiger partial charge < -0.3 is 19.9 Å². The van der Waals surface area contributed by atoms with Crippen molar-refractivity contribution in [1.29, 1.82) is 0 Å². The number of nitrogens with one attached hydrogen (secondary N) is 1. The minimum absolute atomic E-state index is 0.0342. The number of carbonyl (C=O) groups is 2. The Kier molecular flexibility index (Phi) is 4.49. The predicted octanol–water partition coefficient (Wildman–Crippen LogP) is 2.82. The zero-order chi connectivity index (χ0) is 19.9. The molecule has 1 spiro atoms. The van der Waals surface area contributed by atoms with E-state index in [2.05, 4.69) is 10.2 Å². The van der Waals surface area contributed by atoms with Crippen molar-refractivity contribution >= 4 is 17.5 Å². The zero-order valence-corrected chi connectivity index (χ0v) is 16.5. The number of amides is 2. The average molecular weight is 379 g/mol. The third kappa shape index (κ3) is 2.89. The van der Waals surface area contributed by atoms with Gasteiger partial charge in [0.2, 0.25) is 0 Å². The van der Waals surface area contributed by atoms with Crippen molar-refractivity contribution in [3.05, 3.63) is 59.2 Å². The number of nitrogens with zero attached hydrogens (tertiary/aromatic N) is 2. The number of likely N-dealkylation sites (tertiary alicyclic amines) is 1. The third-order valence-corrected chi connectivity index (χ3v) is 5.96. The molecule has 1 fully saturated rings. The molecule has 0 aliphatic carbocycles. The fourth-order valence-corrected chi connectivity index (χ4v) is 4.25. The first-order chi connectivity index (χ1) is 13.4. The number of methoxy groups -OCH3 is 1. The molecule has 2 heterocycles. The number of carbonyl (C=O) groups excluding carboxylic acids is 2. The van der Waals surface area contributed by atoms with E-state index < -0.39 is 5.66 Å². The number of piperidine rings is 1. The summed E-state index contributed by atoms with van der Waals surface area (Å²) in [7, 11) is 3.59. The highest BCUT2D eigenvalue weighted by molar-refractivity contribution is 6.03. The zero-order valence-electron chi connectivity index (χ0n) is 16.5. The molecular weight excluding hydrogens is 354 g/mol. The van der Waals surface area contributed by atoms with Crippen LogP contribution in [0.5, 0.6) is 5.75 Å². The maximum atomic E-state index is 13.0. The summed E-state index contributed by atoms with van der Waals surface area (Å²) in [6.45, 7) is 3.13. The third-order valence-electron chi connectivity index (χ3n) is 5.96. The second kappa shape index (κ2) is 6.86. The van der Waals surface area contributed by atoms with E-state index in [1.54, 1.807) is 19.2 Å².